The molecule has 1 aromatic carbocycles. The zero-order valence-corrected chi connectivity index (χ0v) is 25.2. The van der Waals surface area contributed by atoms with E-state index < -0.39 is 17.8 Å². The quantitative estimate of drug-likeness (QED) is 0.401. The van der Waals surface area contributed by atoms with Gasteiger partial charge in [-0.05, 0) is 44.1 Å². The van der Waals surface area contributed by atoms with Gasteiger partial charge >= 0.3 is 6.18 Å². The Balaban J connectivity index is 1.24. The predicted octanol–water partition coefficient (Wildman–Crippen LogP) is 3.41. The van der Waals surface area contributed by atoms with Gasteiger partial charge in [0.2, 0.25) is 5.91 Å². The van der Waals surface area contributed by atoms with E-state index in [2.05, 4.69) is 20.7 Å². The molecule has 0 atom stereocenters. The Bertz CT molecular complexity index is 1630. The number of aryl methyl sites for hydroxylation is 1. The van der Waals surface area contributed by atoms with Crippen molar-refractivity contribution in [1.29, 1.82) is 5.26 Å². The van der Waals surface area contributed by atoms with Crippen molar-refractivity contribution in [3.05, 3.63) is 52.7 Å². The lowest BCUT2D eigenvalue weighted by molar-refractivity contribution is -0.141. The molecule has 2 fully saturated rings. The molecule has 0 aliphatic carbocycles. The Hall–Kier alpha value is -4.42. The molecule has 16 heteroatoms. The number of nitriles is 1. The van der Waals surface area contributed by atoms with Crippen LogP contribution in [0.1, 0.15) is 45.9 Å². The lowest BCUT2D eigenvalue weighted by atomic mass is 9.96. The number of hydrogen-bond donors (Lipinski definition) is 2. The number of imidazole rings is 1. The van der Waals surface area contributed by atoms with E-state index in [0.717, 1.165) is 36.8 Å². The van der Waals surface area contributed by atoms with Gasteiger partial charge in [-0.15, -0.1) is 0 Å². The molecule has 0 spiro atoms. The molecule has 0 saturated carbocycles. The van der Waals surface area contributed by atoms with Crippen LogP contribution in [0.5, 0.6) is 0 Å². The van der Waals surface area contributed by atoms with Crippen molar-refractivity contribution >= 4 is 35.0 Å². The molecule has 45 heavy (non-hydrogen) atoms. The predicted molar refractivity (Wildman–Crippen MR) is 157 cm³/mol. The maximum absolute atomic E-state index is 13.7. The summed E-state index contributed by atoms with van der Waals surface area (Å²) in [6.07, 6.45) is -0.863. The number of nitrogens with zero attached hydrogens (tertiary/aromatic N) is 7. The van der Waals surface area contributed by atoms with Crippen LogP contribution in [0.3, 0.4) is 0 Å². The van der Waals surface area contributed by atoms with Gasteiger partial charge in [-0.1, -0.05) is 11.6 Å². The minimum Gasteiger partial charge on any atom is -0.339 e. The fourth-order valence-electron chi connectivity index (χ4n) is 5.55. The van der Waals surface area contributed by atoms with E-state index in [1.165, 1.54) is 36.0 Å². The zero-order chi connectivity index (χ0) is 32.3. The van der Waals surface area contributed by atoms with Crippen LogP contribution in [-0.2, 0) is 24.6 Å². The number of amides is 3. The normalized spacial score (nSPS) is 16.0. The third-order valence-corrected chi connectivity index (χ3v) is 8.29. The topological polar surface area (TPSA) is 141 Å². The lowest BCUT2D eigenvalue weighted by Gasteiger charge is -2.37. The number of carbonyl (C=O) groups is 3. The van der Waals surface area contributed by atoms with Crippen molar-refractivity contribution in [2.75, 3.05) is 44.6 Å². The first kappa shape index (κ1) is 32.0. The summed E-state index contributed by atoms with van der Waals surface area (Å²) in [6, 6.07) is 6.26. The monoisotopic (exact) mass is 645 g/mol. The summed E-state index contributed by atoms with van der Waals surface area (Å²) in [6.45, 7) is 3.25. The molecule has 4 heterocycles. The smallest absolute Gasteiger partial charge is 0.339 e. The molecule has 2 aliphatic heterocycles. The van der Waals surface area contributed by atoms with Crippen molar-refractivity contribution in [1.82, 2.24) is 34.4 Å². The Labute approximate surface area is 261 Å². The maximum Gasteiger partial charge on any atom is 0.435 e. The Morgan fingerprint density at radius 2 is 1.82 bits per heavy atom. The van der Waals surface area contributed by atoms with Gasteiger partial charge in [-0.25, -0.2) is 4.98 Å². The van der Waals surface area contributed by atoms with Crippen LogP contribution < -0.4 is 10.6 Å². The van der Waals surface area contributed by atoms with Gasteiger partial charge in [-0.3, -0.25) is 19.1 Å². The van der Waals surface area contributed by atoms with Crippen LogP contribution >= 0.6 is 11.6 Å². The molecule has 0 unspecified atom stereocenters. The highest BCUT2D eigenvalue weighted by molar-refractivity contribution is 6.34. The molecule has 238 valence electrons. The summed E-state index contributed by atoms with van der Waals surface area (Å²) in [5, 5.41) is 18.3. The second kappa shape index (κ2) is 13.3. The summed E-state index contributed by atoms with van der Waals surface area (Å²) in [5.74, 6) is -1.03. The van der Waals surface area contributed by atoms with E-state index in [4.69, 9.17) is 16.9 Å². The number of halogens is 4. The van der Waals surface area contributed by atoms with Gasteiger partial charge in [0.05, 0.1) is 47.1 Å². The van der Waals surface area contributed by atoms with Crippen LogP contribution in [0.2, 0.25) is 5.02 Å². The maximum atomic E-state index is 13.7. The average Bonchev–Trinajstić information content (AvgIpc) is 3.63. The van der Waals surface area contributed by atoms with E-state index in [1.807, 2.05) is 11.0 Å². The number of rotatable bonds is 7. The Morgan fingerprint density at radius 3 is 2.47 bits per heavy atom. The highest BCUT2D eigenvalue weighted by Crippen LogP contribution is 2.36. The first-order chi connectivity index (χ1) is 21.5. The number of piperazine rings is 1. The number of aromatic nitrogens is 4. The molecule has 2 aromatic heterocycles. The van der Waals surface area contributed by atoms with Gasteiger partial charge in [0.1, 0.15) is 0 Å². The highest BCUT2D eigenvalue weighted by Gasteiger charge is 2.38. The fourth-order valence-corrected chi connectivity index (χ4v) is 5.81. The summed E-state index contributed by atoms with van der Waals surface area (Å²) in [4.78, 5) is 46.6. The van der Waals surface area contributed by atoms with Gasteiger partial charge in [0, 0.05) is 51.0 Å². The molecule has 0 radical (unpaired) electrons. The molecule has 12 nitrogen and oxygen atoms in total. The minimum atomic E-state index is -4.77. The van der Waals surface area contributed by atoms with Gasteiger partial charge in [0.15, 0.2) is 11.5 Å². The van der Waals surface area contributed by atoms with Crippen LogP contribution in [0, 0.1) is 17.2 Å². The standard InChI is InChI=1S/C29H31ClF3N9O3/c1-39-23(21-17-42(10-2-7-34)38-24(21)29(31,32)33)16-36-25(39)26(43)37-19-3-4-20(22(30)15-19)28(45)41-13-11-40(12-14-41)27(44)18-5-8-35-9-6-18/h3-4,15-18,35H,2,5-6,8-14H2,1H3,(H,37,43). The van der Waals surface area contributed by atoms with Crippen molar-refractivity contribution in [2.24, 2.45) is 13.0 Å². The third-order valence-electron chi connectivity index (χ3n) is 7.97. The molecule has 2 N–H and O–H groups in total. The number of alkyl halides is 3. The molecule has 2 aliphatic rings. The summed E-state index contributed by atoms with van der Waals surface area (Å²) in [5.41, 5.74) is -0.940. The molecular weight excluding hydrogens is 615 g/mol. The van der Waals surface area contributed by atoms with E-state index in [9.17, 15) is 27.6 Å². The van der Waals surface area contributed by atoms with E-state index in [1.54, 1.807) is 4.90 Å². The molecule has 5 rings (SSSR count). The third kappa shape index (κ3) is 6.97. The van der Waals surface area contributed by atoms with Crippen molar-refractivity contribution < 1.29 is 27.6 Å². The molecule has 3 aromatic rings. The molecular formula is C29H31ClF3N9O3. The second-order valence-corrected chi connectivity index (χ2v) is 11.3. The number of carbonyl (C=O) groups excluding carboxylic acids is 3. The molecule has 3 amide bonds. The summed E-state index contributed by atoms with van der Waals surface area (Å²) in [7, 11) is 1.40. The highest BCUT2D eigenvalue weighted by atomic mass is 35.5. The zero-order valence-electron chi connectivity index (χ0n) is 24.4. The van der Waals surface area contributed by atoms with Crippen LogP contribution in [0.15, 0.2) is 30.6 Å². The van der Waals surface area contributed by atoms with E-state index in [-0.39, 0.29) is 64.1 Å². The first-order valence-corrected chi connectivity index (χ1v) is 14.8. The van der Waals surface area contributed by atoms with Gasteiger partial charge in [0.25, 0.3) is 11.8 Å². The van der Waals surface area contributed by atoms with Crippen LogP contribution in [0.25, 0.3) is 11.3 Å². The number of nitrogens with one attached hydrogen (secondary N) is 2. The molecule has 0 bridgehead atoms. The Morgan fingerprint density at radius 1 is 1.13 bits per heavy atom. The van der Waals surface area contributed by atoms with Crippen LogP contribution in [-0.4, -0.2) is 86.1 Å². The number of piperidine rings is 1. The average molecular weight is 646 g/mol. The lowest BCUT2D eigenvalue weighted by Crippen LogP contribution is -2.52. The van der Waals surface area contributed by atoms with Gasteiger partial charge in [-0.2, -0.15) is 23.5 Å². The fraction of sp³-hybridized carbons (Fsp3) is 0.448. The summed E-state index contributed by atoms with van der Waals surface area (Å²) >= 11 is 6.44. The van der Waals surface area contributed by atoms with E-state index in [0.29, 0.717) is 26.2 Å². The second-order valence-electron chi connectivity index (χ2n) is 10.9. The van der Waals surface area contributed by atoms with Gasteiger partial charge < -0.3 is 25.0 Å². The largest absolute Gasteiger partial charge is 0.435 e. The first-order valence-electron chi connectivity index (χ1n) is 14.4. The van der Waals surface area contributed by atoms with Crippen molar-refractivity contribution in [3.8, 4) is 17.3 Å². The van der Waals surface area contributed by atoms with Crippen LogP contribution in [0.4, 0.5) is 18.9 Å². The number of anilines is 1. The number of hydrogen-bond acceptors (Lipinski definition) is 7. The van der Waals surface area contributed by atoms with E-state index >= 15 is 0 Å². The Kier molecular flexibility index (Phi) is 9.45. The SMILES string of the molecule is Cn1c(-c2cn(CCC#N)nc2C(F)(F)F)cnc1C(=O)Nc1ccc(C(=O)N2CCN(C(=O)C3CCNCC3)CC2)c(Cl)c1. The van der Waals surface area contributed by atoms with Crippen molar-refractivity contribution in [2.45, 2.75) is 32.0 Å². The number of benzene rings is 1. The van der Waals surface area contributed by atoms with Crippen molar-refractivity contribution in [3.63, 3.8) is 0 Å². The molecule has 2 saturated heterocycles. The summed E-state index contributed by atoms with van der Waals surface area (Å²) < 4.78 is 43.4. The minimum absolute atomic E-state index is 0.00667.